The highest BCUT2D eigenvalue weighted by Crippen LogP contribution is 2.30. The first-order valence-electron chi connectivity index (χ1n) is 6.54. The zero-order chi connectivity index (χ0) is 15.5. The van der Waals surface area contributed by atoms with E-state index in [1.807, 2.05) is 24.3 Å². The van der Waals surface area contributed by atoms with E-state index < -0.39 is 5.97 Å². The van der Waals surface area contributed by atoms with E-state index in [0.29, 0.717) is 11.8 Å². The smallest absolute Gasteiger partial charge is 0.341 e. The molecule has 0 aliphatic heterocycles. The number of carboxylic acids is 1. The van der Waals surface area contributed by atoms with Crippen molar-refractivity contribution in [3.05, 3.63) is 65.9 Å². The second kappa shape index (κ2) is 5.65. The van der Waals surface area contributed by atoms with Crippen LogP contribution in [0.5, 0.6) is 11.6 Å². The van der Waals surface area contributed by atoms with Gasteiger partial charge in [-0.25, -0.2) is 9.78 Å². The molecule has 1 N–H and O–H groups in total. The predicted octanol–water partition coefficient (Wildman–Crippen LogP) is 3.54. The van der Waals surface area contributed by atoms with E-state index in [9.17, 15) is 9.59 Å². The Balaban J connectivity index is 2.12. The van der Waals surface area contributed by atoms with Gasteiger partial charge >= 0.3 is 5.97 Å². The molecule has 0 radical (unpaired) electrons. The van der Waals surface area contributed by atoms with Crippen LogP contribution < -0.4 is 4.74 Å². The van der Waals surface area contributed by atoms with E-state index in [4.69, 9.17) is 9.84 Å². The largest absolute Gasteiger partial charge is 0.477 e. The van der Waals surface area contributed by atoms with Gasteiger partial charge in [0.15, 0.2) is 6.29 Å². The quantitative estimate of drug-likeness (QED) is 0.744. The summed E-state index contributed by atoms with van der Waals surface area (Å²) in [6, 6.07) is 13.7. The lowest BCUT2D eigenvalue weighted by Gasteiger charge is -2.11. The molecule has 1 heterocycles. The second-order valence-corrected chi connectivity index (χ2v) is 4.58. The predicted molar refractivity (Wildman–Crippen MR) is 80.6 cm³/mol. The number of nitrogens with zero attached hydrogens (tertiary/aromatic N) is 1. The second-order valence-electron chi connectivity index (χ2n) is 4.58. The Bertz CT molecular complexity index is 873. The number of carbonyl (C=O) groups is 2. The minimum atomic E-state index is -1.14. The zero-order valence-corrected chi connectivity index (χ0v) is 11.4. The van der Waals surface area contributed by atoms with Crippen LogP contribution in [0, 0.1) is 0 Å². The fourth-order valence-electron chi connectivity index (χ4n) is 2.23. The number of carbonyl (C=O) groups excluding carboxylic acids is 1. The maximum absolute atomic E-state index is 11.4. The average Bonchev–Trinajstić information content (AvgIpc) is 2.55. The van der Waals surface area contributed by atoms with E-state index in [0.717, 1.165) is 10.8 Å². The van der Waals surface area contributed by atoms with Crippen molar-refractivity contribution >= 4 is 23.0 Å². The number of aromatic nitrogens is 1. The third-order valence-corrected chi connectivity index (χ3v) is 3.26. The number of benzene rings is 2. The Kier molecular flexibility index (Phi) is 3.53. The molecule has 0 atom stereocenters. The Morgan fingerprint density at radius 2 is 1.91 bits per heavy atom. The fraction of sp³-hybridized carbons (Fsp3) is 0. The lowest BCUT2D eigenvalue weighted by atomic mass is 10.0. The molecule has 0 aliphatic rings. The molecule has 0 saturated carbocycles. The number of fused-ring (bicyclic) bond motifs is 1. The number of hydrogen-bond acceptors (Lipinski definition) is 4. The van der Waals surface area contributed by atoms with Crippen molar-refractivity contribution in [1.82, 2.24) is 4.98 Å². The van der Waals surface area contributed by atoms with Gasteiger partial charge in [-0.2, -0.15) is 0 Å². The van der Waals surface area contributed by atoms with Gasteiger partial charge in [0.25, 0.3) is 0 Å². The van der Waals surface area contributed by atoms with Gasteiger partial charge in [-0.05, 0) is 29.0 Å². The van der Waals surface area contributed by atoms with Gasteiger partial charge in [0.2, 0.25) is 5.88 Å². The molecular formula is C17H11NO4. The summed E-state index contributed by atoms with van der Waals surface area (Å²) in [6.07, 6.45) is 2.13. The average molecular weight is 293 g/mol. The van der Waals surface area contributed by atoms with Crippen molar-refractivity contribution in [3.8, 4) is 11.6 Å². The molecule has 2 aromatic carbocycles. The Morgan fingerprint density at radius 3 is 2.68 bits per heavy atom. The SMILES string of the molecule is O=Cc1c(Oc2ncccc2C(=O)O)ccc2ccccc12. The number of rotatable bonds is 4. The summed E-state index contributed by atoms with van der Waals surface area (Å²) in [6.45, 7) is 0. The van der Waals surface area contributed by atoms with Crippen LogP contribution in [0.15, 0.2) is 54.7 Å². The van der Waals surface area contributed by atoms with Gasteiger partial charge < -0.3 is 9.84 Å². The number of hydrogen-bond donors (Lipinski definition) is 1. The van der Waals surface area contributed by atoms with E-state index >= 15 is 0 Å². The van der Waals surface area contributed by atoms with Gasteiger partial charge in [0.05, 0.1) is 5.56 Å². The minimum absolute atomic E-state index is 0.0478. The maximum atomic E-state index is 11.4. The number of carboxylic acid groups (broad SMARTS) is 1. The van der Waals surface area contributed by atoms with Gasteiger partial charge in [-0.15, -0.1) is 0 Å². The minimum Gasteiger partial charge on any atom is -0.477 e. The molecule has 0 spiro atoms. The number of aldehydes is 1. The molecular weight excluding hydrogens is 282 g/mol. The molecule has 0 unspecified atom stereocenters. The number of pyridine rings is 1. The van der Waals surface area contributed by atoms with Crippen molar-refractivity contribution in [2.75, 3.05) is 0 Å². The zero-order valence-electron chi connectivity index (χ0n) is 11.4. The summed E-state index contributed by atoms with van der Waals surface area (Å²) < 4.78 is 5.58. The first-order valence-corrected chi connectivity index (χ1v) is 6.54. The first-order chi connectivity index (χ1) is 10.7. The standard InChI is InChI=1S/C17H11NO4/c19-10-14-12-5-2-1-4-11(12)7-8-15(14)22-16-13(17(20)21)6-3-9-18-16/h1-10H,(H,20,21). The summed E-state index contributed by atoms with van der Waals surface area (Å²) in [7, 11) is 0. The molecule has 0 bridgehead atoms. The molecule has 3 rings (SSSR count). The van der Waals surface area contributed by atoms with Crippen LogP contribution in [0.3, 0.4) is 0 Å². The van der Waals surface area contributed by atoms with Crippen LogP contribution in [0.25, 0.3) is 10.8 Å². The van der Waals surface area contributed by atoms with Gasteiger partial charge in [0, 0.05) is 6.20 Å². The van der Waals surface area contributed by atoms with E-state index in [2.05, 4.69) is 4.98 Å². The molecule has 0 amide bonds. The Morgan fingerprint density at radius 1 is 1.09 bits per heavy atom. The van der Waals surface area contributed by atoms with Crippen LogP contribution >= 0.6 is 0 Å². The van der Waals surface area contributed by atoms with E-state index in [1.165, 1.54) is 18.3 Å². The van der Waals surface area contributed by atoms with Crippen LogP contribution in [-0.4, -0.2) is 22.3 Å². The summed E-state index contributed by atoms with van der Waals surface area (Å²) in [5.41, 5.74) is 0.299. The summed E-state index contributed by atoms with van der Waals surface area (Å²) >= 11 is 0. The summed E-state index contributed by atoms with van der Waals surface area (Å²) in [5.74, 6) is -0.917. The van der Waals surface area contributed by atoms with E-state index in [-0.39, 0.29) is 17.2 Å². The maximum Gasteiger partial charge on any atom is 0.341 e. The molecule has 5 heteroatoms. The molecule has 1 aromatic heterocycles. The van der Waals surface area contributed by atoms with Gasteiger partial charge in [0.1, 0.15) is 11.3 Å². The van der Waals surface area contributed by atoms with Crippen molar-refractivity contribution in [2.45, 2.75) is 0 Å². The fourth-order valence-corrected chi connectivity index (χ4v) is 2.23. The molecule has 0 fully saturated rings. The Labute approximate surface area is 125 Å². The highest BCUT2D eigenvalue weighted by atomic mass is 16.5. The topological polar surface area (TPSA) is 76.5 Å². The lowest BCUT2D eigenvalue weighted by molar-refractivity contribution is 0.0693. The van der Waals surface area contributed by atoms with Crippen molar-refractivity contribution in [1.29, 1.82) is 0 Å². The van der Waals surface area contributed by atoms with Crippen molar-refractivity contribution in [3.63, 3.8) is 0 Å². The first kappa shape index (κ1) is 13.8. The Hall–Kier alpha value is -3.21. The van der Waals surface area contributed by atoms with Crippen molar-refractivity contribution < 1.29 is 19.4 Å². The van der Waals surface area contributed by atoms with E-state index in [1.54, 1.807) is 12.1 Å². The van der Waals surface area contributed by atoms with Crippen LogP contribution in [0.1, 0.15) is 20.7 Å². The van der Waals surface area contributed by atoms with Crippen LogP contribution in [0.2, 0.25) is 0 Å². The highest BCUT2D eigenvalue weighted by molar-refractivity contribution is 6.01. The highest BCUT2D eigenvalue weighted by Gasteiger charge is 2.15. The molecule has 0 saturated heterocycles. The molecule has 22 heavy (non-hydrogen) atoms. The lowest BCUT2D eigenvalue weighted by Crippen LogP contribution is -2.02. The van der Waals surface area contributed by atoms with Crippen LogP contribution in [-0.2, 0) is 0 Å². The number of ether oxygens (including phenoxy) is 1. The van der Waals surface area contributed by atoms with Gasteiger partial charge in [-0.1, -0.05) is 30.3 Å². The third-order valence-electron chi connectivity index (χ3n) is 3.26. The summed E-state index contributed by atoms with van der Waals surface area (Å²) in [5, 5.41) is 10.8. The third kappa shape index (κ3) is 2.40. The molecule has 5 nitrogen and oxygen atoms in total. The van der Waals surface area contributed by atoms with Crippen molar-refractivity contribution in [2.24, 2.45) is 0 Å². The summed E-state index contributed by atoms with van der Waals surface area (Å²) in [4.78, 5) is 26.6. The molecule has 108 valence electrons. The molecule has 0 aliphatic carbocycles. The van der Waals surface area contributed by atoms with Gasteiger partial charge in [-0.3, -0.25) is 4.79 Å². The number of aromatic carboxylic acids is 1. The van der Waals surface area contributed by atoms with Crippen LogP contribution in [0.4, 0.5) is 0 Å². The molecule has 3 aromatic rings. The monoisotopic (exact) mass is 293 g/mol. The normalized spacial score (nSPS) is 10.4.